The summed E-state index contributed by atoms with van der Waals surface area (Å²) in [4.78, 5) is 13.3. The molecule has 2 N–H and O–H groups in total. The fourth-order valence-electron chi connectivity index (χ4n) is 15.0. The van der Waals surface area contributed by atoms with Gasteiger partial charge >= 0.3 is 5.97 Å². The van der Waals surface area contributed by atoms with Crippen molar-refractivity contribution in [3.05, 3.63) is 12.2 Å². The van der Waals surface area contributed by atoms with E-state index in [1.54, 1.807) is 0 Å². The molecule has 0 radical (unpaired) electrons. The first-order valence-electron chi connectivity index (χ1n) is 23.8. The number of aliphatic hydroxyl groups is 2. The summed E-state index contributed by atoms with van der Waals surface area (Å²) in [7, 11) is 0. The fourth-order valence-corrected chi connectivity index (χ4v) is 15.0. The number of rotatable bonds is 20. The van der Waals surface area contributed by atoms with Crippen molar-refractivity contribution in [3.63, 3.8) is 0 Å². The number of ether oxygens (including phenoxy) is 1. The highest BCUT2D eigenvalue weighted by molar-refractivity contribution is 5.69. The average molecular weight is 753 g/mol. The molecule has 4 heteroatoms. The molecule has 0 amide bonds. The van der Waals surface area contributed by atoms with Crippen LogP contribution < -0.4 is 0 Å². The van der Waals surface area contributed by atoms with Crippen molar-refractivity contribution >= 4 is 5.97 Å². The highest BCUT2D eigenvalue weighted by Gasteiger charge is 2.75. The van der Waals surface area contributed by atoms with Crippen LogP contribution in [0.1, 0.15) is 222 Å². The molecule has 0 aromatic carbocycles. The zero-order valence-corrected chi connectivity index (χ0v) is 36.9. The first-order valence-corrected chi connectivity index (χ1v) is 23.8. The summed E-state index contributed by atoms with van der Waals surface area (Å²) < 4.78 is 6.37. The van der Waals surface area contributed by atoms with E-state index < -0.39 is 12.2 Å². The van der Waals surface area contributed by atoms with Gasteiger partial charge in [-0.15, -0.1) is 0 Å². The topological polar surface area (TPSA) is 66.8 Å². The van der Waals surface area contributed by atoms with Gasteiger partial charge in [0, 0.05) is 22.7 Å². The smallest absolute Gasteiger partial charge is 0.306 e. The van der Waals surface area contributed by atoms with E-state index in [4.69, 9.17) is 4.74 Å². The van der Waals surface area contributed by atoms with Gasteiger partial charge in [-0.1, -0.05) is 163 Å². The van der Waals surface area contributed by atoms with Gasteiger partial charge in [-0.3, -0.25) is 4.79 Å². The third-order valence-corrected chi connectivity index (χ3v) is 18.3. The third kappa shape index (κ3) is 8.48. The standard InChI is InChI=1S/C50H88O4/c1-10-11-12-13-14-15-16-17-18-19-20-21-22-23-24-25-26-27-44(53)54-43-31-33-48(7)39-29-28-38-45-37(36(2)3)30-32-47(45,6)35-42(52)49(38,8)50(39,9)41(51)34-40(48)46(43,4)5/h37-43,45,51-52H,2,10-35H2,1,3-9H3/t37-,38+,39+,40-,41-,42-,43-,45+,47+,48+,49-,50-/m0/s1. The normalized spacial score (nSPS) is 41.0. The number of unbranched alkanes of at least 4 members (excludes halogenated alkanes) is 16. The van der Waals surface area contributed by atoms with Crippen LogP contribution in [0.3, 0.4) is 0 Å². The maximum Gasteiger partial charge on any atom is 0.306 e. The maximum absolute atomic E-state index is 13.3. The molecule has 5 saturated carbocycles. The van der Waals surface area contributed by atoms with Crippen LogP contribution in [0.15, 0.2) is 12.2 Å². The van der Waals surface area contributed by atoms with Gasteiger partial charge in [0.05, 0.1) is 12.2 Å². The molecule has 54 heavy (non-hydrogen) atoms. The molecule has 312 valence electrons. The van der Waals surface area contributed by atoms with E-state index >= 15 is 0 Å². The lowest BCUT2D eigenvalue weighted by Gasteiger charge is -2.74. The van der Waals surface area contributed by atoms with Crippen molar-refractivity contribution in [2.24, 2.45) is 56.7 Å². The molecule has 0 aliphatic heterocycles. The van der Waals surface area contributed by atoms with Gasteiger partial charge in [-0.2, -0.15) is 0 Å². The quantitative estimate of drug-likeness (QED) is 0.0738. The molecule has 0 unspecified atom stereocenters. The van der Waals surface area contributed by atoms with E-state index in [0.717, 1.165) is 51.4 Å². The van der Waals surface area contributed by atoms with Crippen molar-refractivity contribution in [2.75, 3.05) is 0 Å². The predicted molar refractivity (Wildman–Crippen MR) is 226 cm³/mol. The Morgan fingerprint density at radius 3 is 1.74 bits per heavy atom. The Morgan fingerprint density at radius 1 is 0.667 bits per heavy atom. The first-order chi connectivity index (χ1) is 25.6. The van der Waals surface area contributed by atoms with Crippen LogP contribution in [0.4, 0.5) is 0 Å². The van der Waals surface area contributed by atoms with Crippen LogP contribution in [-0.4, -0.2) is 34.5 Å². The Labute approximate surface area is 334 Å². The van der Waals surface area contributed by atoms with Crippen molar-refractivity contribution in [1.29, 1.82) is 0 Å². The molecule has 0 spiro atoms. The van der Waals surface area contributed by atoms with Crippen LogP contribution >= 0.6 is 0 Å². The van der Waals surface area contributed by atoms with Gasteiger partial charge < -0.3 is 14.9 Å². The lowest BCUT2D eigenvalue weighted by molar-refractivity contribution is -0.306. The summed E-state index contributed by atoms with van der Waals surface area (Å²) >= 11 is 0. The second-order valence-corrected chi connectivity index (χ2v) is 21.7. The Bertz CT molecular complexity index is 1220. The minimum Gasteiger partial charge on any atom is -0.462 e. The van der Waals surface area contributed by atoms with Crippen LogP contribution in [0, 0.1) is 56.7 Å². The average Bonchev–Trinajstić information content (AvgIpc) is 3.46. The zero-order chi connectivity index (χ0) is 39.4. The van der Waals surface area contributed by atoms with Gasteiger partial charge in [0.25, 0.3) is 0 Å². The summed E-state index contributed by atoms with van der Waals surface area (Å²) in [5.41, 5.74) is 0.578. The van der Waals surface area contributed by atoms with E-state index in [2.05, 4.69) is 62.0 Å². The lowest BCUT2D eigenvalue weighted by atomic mass is 9.31. The van der Waals surface area contributed by atoms with Crippen LogP contribution in [0.2, 0.25) is 0 Å². The van der Waals surface area contributed by atoms with Crippen LogP contribution in [0.5, 0.6) is 0 Å². The molecular formula is C50H88O4. The van der Waals surface area contributed by atoms with E-state index in [0.29, 0.717) is 30.1 Å². The van der Waals surface area contributed by atoms with Crippen molar-refractivity contribution < 1.29 is 19.7 Å². The van der Waals surface area contributed by atoms with Crippen LogP contribution in [-0.2, 0) is 9.53 Å². The summed E-state index contributed by atoms with van der Waals surface area (Å²) in [5.74, 6) is 2.02. The molecule has 5 rings (SSSR count). The van der Waals surface area contributed by atoms with Gasteiger partial charge in [0.1, 0.15) is 6.10 Å². The Hall–Kier alpha value is -0.870. The Balaban J connectivity index is 1.06. The fraction of sp³-hybridized carbons (Fsp3) is 0.940. The number of allylic oxidation sites excluding steroid dienone is 1. The SMILES string of the molecule is C=C(C)[C@@H]1CC[C@]2(C)C[C@H](O)[C@]3(C)[C@H](CC[C@@H]4[C@@]5(C)CC[C@H](OC(=O)CCCCCCCCCCCCCCCCCCC)C(C)(C)[C@@H]5C[C@H](O)[C@]43C)[C@@H]12. The monoisotopic (exact) mass is 753 g/mol. The number of hydrogen-bond acceptors (Lipinski definition) is 4. The Morgan fingerprint density at radius 2 is 1.20 bits per heavy atom. The second kappa shape index (κ2) is 18.4. The summed E-state index contributed by atoms with van der Waals surface area (Å²) in [6.45, 7) is 23.3. The first kappa shape index (κ1) is 44.2. The van der Waals surface area contributed by atoms with Gasteiger partial charge in [-0.25, -0.2) is 0 Å². The zero-order valence-electron chi connectivity index (χ0n) is 36.9. The number of fused-ring (bicyclic) bond motifs is 7. The minimum atomic E-state index is -0.485. The van der Waals surface area contributed by atoms with Crippen molar-refractivity contribution in [1.82, 2.24) is 0 Å². The molecule has 5 aliphatic rings. The van der Waals surface area contributed by atoms with Crippen molar-refractivity contribution in [3.8, 4) is 0 Å². The number of carbonyl (C=O) groups is 1. The summed E-state index contributed by atoms with van der Waals surface area (Å²) in [5, 5.41) is 24.8. The van der Waals surface area contributed by atoms with Crippen LogP contribution in [0.25, 0.3) is 0 Å². The molecule has 5 fully saturated rings. The van der Waals surface area contributed by atoms with Gasteiger partial charge in [0.2, 0.25) is 0 Å². The Kier molecular flexibility index (Phi) is 15.0. The molecular weight excluding hydrogens is 665 g/mol. The second-order valence-electron chi connectivity index (χ2n) is 21.7. The van der Waals surface area contributed by atoms with E-state index in [-0.39, 0.29) is 45.1 Å². The van der Waals surface area contributed by atoms with E-state index in [1.807, 2.05) is 0 Å². The third-order valence-electron chi connectivity index (χ3n) is 18.3. The number of hydrogen-bond donors (Lipinski definition) is 2. The van der Waals surface area contributed by atoms with E-state index in [9.17, 15) is 15.0 Å². The molecule has 0 aromatic heterocycles. The summed E-state index contributed by atoms with van der Waals surface area (Å²) in [6, 6.07) is 0. The van der Waals surface area contributed by atoms with Crippen molar-refractivity contribution in [2.45, 2.75) is 241 Å². The highest BCUT2D eigenvalue weighted by atomic mass is 16.5. The highest BCUT2D eigenvalue weighted by Crippen LogP contribution is 2.77. The largest absolute Gasteiger partial charge is 0.462 e. The van der Waals surface area contributed by atoms with E-state index in [1.165, 1.54) is 115 Å². The number of aliphatic hydroxyl groups excluding tert-OH is 2. The molecule has 0 heterocycles. The number of esters is 1. The predicted octanol–water partition coefficient (Wildman–Crippen LogP) is 13.6. The lowest BCUT2D eigenvalue weighted by Crippen LogP contribution is -2.73. The molecule has 0 aromatic rings. The number of carbonyl (C=O) groups excluding carboxylic acids is 1. The van der Waals surface area contributed by atoms with Gasteiger partial charge in [-0.05, 0) is 105 Å². The molecule has 0 saturated heterocycles. The molecule has 0 bridgehead atoms. The molecule has 4 nitrogen and oxygen atoms in total. The molecule has 5 aliphatic carbocycles. The summed E-state index contributed by atoms with van der Waals surface area (Å²) in [6.07, 6.45) is 30.4. The maximum atomic E-state index is 13.3. The minimum absolute atomic E-state index is 0.0242. The molecule has 12 atom stereocenters. The van der Waals surface area contributed by atoms with Gasteiger partial charge in [0.15, 0.2) is 0 Å².